The fourth-order valence-corrected chi connectivity index (χ4v) is 0.824. The molecule has 0 bridgehead atoms. The van der Waals surface area contributed by atoms with Crippen LogP contribution >= 0.6 is 0 Å². The third-order valence-corrected chi connectivity index (χ3v) is 1.95. The van der Waals surface area contributed by atoms with Gasteiger partial charge in [-0.2, -0.15) is 8.42 Å². The maximum absolute atomic E-state index is 10.5. The zero-order valence-corrected chi connectivity index (χ0v) is 7.06. The van der Waals surface area contributed by atoms with Crippen LogP contribution in [0.25, 0.3) is 0 Å². The van der Waals surface area contributed by atoms with E-state index in [0.29, 0.717) is 6.42 Å². The molecule has 0 aliphatic heterocycles. The molecule has 66 valence electrons. The van der Waals surface area contributed by atoms with Crippen LogP contribution in [0.2, 0.25) is 0 Å². The van der Waals surface area contributed by atoms with E-state index in [2.05, 4.69) is 9.92 Å². The zero-order chi connectivity index (χ0) is 8.91. The summed E-state index contributed by atoms with van der Waals surface area (Å²) in [7, 11) is -4.13. The van der Waals surface area contributed by atoms with Crippen molar-refractivity contribution in [3.8, 4) is 0 Å². The lowest BCUT2D eigenvalue weighted by Gasteiger charge is -1.98. The number of carbonyl (C=O) groups excluding carboxylic acids is 1. The van der Waals surface area contributed by atoms with Crippen molar-refractivity contribution >= 4 is 15.4 Å². The van der Waals surface area contributed by atoms with Crippen LogP contribution < -0.4 is 5.73 Å². The number of carbonyl (C=O) groups is 1. The van der Waals surface area contributed by atoms with Gasteiger partial charge in [0.15, 0.2) is 0 Å². The zero-order valence-electron chi connectivity index (χ0n) is 6.24. The highest BCUT2D eigenvalue weighted by molar-refractivity contribution is 8.01. The minimum absolute atomic E-state index is 0.0156. The molecule has 0 unspecified atom stereocenters. The topological polar surface area (TPSA) is 86.5 Å². The van der Waals surface area contributed by atoms with E-state index in [1.807, 2.05) is 6.92 Å². The van der Waals surface area contributed by atoms with Crippen LogP contribution in [0.1, 0.15) is 19.8 Å². The second-order valence-corrected chi connectivity index (χ2v) is 3.50. The molecule has 6 heteroatoms. The second-order valence-electron chi connectivity index (χ2n) is 1.95. The van der Waals surface area contributed by atoms with Crippen LogP contribution in [-0.2, 0) is 14.3 Å². The molecule has 0 rings (SSSR count). The lowest BCUT2D eigenvalue weighted by molar-refractivity contribution is 0.255. The van der Waals surface area contributed by atoms with E-state index < -0.39 is 15.4 Å². The van der Waals surface area contributed by atoms with Gasteiger partial charge in [-0.05, 0) is 6.42 Å². The van der Waals surface area contributed by atoms with Gasteiger partial charge in [0.25, 0.3) is 0 Å². The molecular weight excluding hydrogens is 170 g/mol. The first kappa shape index (κ1) is 10.4. The molecule has 5 nitrogen and oxygen atoms in total. The SMILES string of the molecule is CCCCOS(=O)(=O)C(N)=O. The molecule has 0 saturated heterocycles. The van der Waals surface area contributed by atoms with Crippen LogP contribution in [0.3, 0.4) is 0 Å². The molecule has 0 spiro atoms. The molecule has 0 saturated carbocycles. The highest BCUT2D eigenvalue weighted by Crippen LogP contribution is 1.95. The molecule has 0 aliphatic rings. The number of nitrogens with two attached hydrogens (primary N) is 1. The van der Waals surface area contributed by atoms with Gasteiger partial charge in [-0.15, -0.1) is 0 Å². The van der Waals surface area contributed by atoms with E-state index in [4.69, 9.17) is 0 Å². The Bertz CT molecular complexity index is 221. The molecule has 2 N–H and O–H groups in total. The first-order valence-electron chi connectivity index (χ1n) is 3.19. The molecule has 0 atom stereocenters. The number of unbranched alkanes of at least 4 members (excludes halogenated alkanes) is 1. The van der Waals surface area contributed by atoms with E-state index >= 15 is 0 Å². The maximum Gasteiger partial charge on any atom is 0.361 e. The van der Waals surface area contributed by atoms with Gasteiger partial charge >= 0.3 is 15.4 Å². The average Bonchev–Trinajstić information content (AvgIpc) is 1.88. The average molecular weight is 181 g/mol. The Kier molecular flexibility index (Phi) is 4.06. The first-order valence-corrected chi connectivity index (χ1v) is 4.60. The van der Waals surface area contributed by atoms with Gasteiger partial charge < -0.3 is 5.73 Å². The van der Waals surface area contributed by atoms with E-state index in [-0.39, 0.29) is 6.61 Å². The maximum atomic E-state index is 10.5. The quantitative estimate of drug-likeness (QED) is 0.496. The van der Waals surface area contributed by atoms with Crippen molar-refractivity contribution in [2.24, 2.45) is 5.73 Å². The Morgan fingerprint density at radius 3 is 2.45 bits per heavy atom. The fraction of sp³-hybridized carbons (Fsp3) is 0.800. The van der Waals surface area contributed by atoms with E-state index in [1.165, 1.54) is 0 Å². The molecule has 0 aromatic heterocycles. The van der Waals surface area contributed by atoms with Crippen LogP contribution in [-0.4, -0.2) is 20.3 Å². The van der Waals surface area contributed by atoms with Crippen LogP contribution in [0.5, 0.6) is 0 Å². The summed E-state index contributed by atoms with van der Waals surface area (Å²) in [4.78, 5) is 10.1. The van der Waals surface area contributed by atoms with Gasteiger partial charge in [0.05, 0.1) is 6.61 Å². The lowest BCUT2D eigenvalue weighted by atomic mass is 10.4. The van der Waals surface area contributed by atoms with Crippen molar-refractivity contribution in [2.75, 3.05) is 6.61 Å². The van der Waals surface area contributed by atoms with Crippen LogP contribution in [0.15, 0.2) is 0 Å². The van der Waals surface area contributed by atoms with E-state index in [1.54, 1.807) is 0 Å². The summed E-state index contributed by atoms with van der Waals surface area (Å²) in [6.45, 7) is 1.89. The Hall–Kier alpha value is -0.620. The summed E-state index contributed by atoms with van der Waals surface area (Å²) in [6.07, 6.45) is 1.39. The highest BCUT2D eigenvalue weighted by atomic mass is 32.2. The molecule has 11 heavy (non-hydrogen) atoms. The number of amides is 1. The minimum atomic E-state index is -4.13. The number of primary amides is 1. The molecular formula is C5H11NO4S. The van der Waals surface area contributed by atoms with Crippen LogP contribution in [0.4, 0.5) is 4.79 Å². The summed E-state index contributed by atoms with van der Waals surface area (Å²) in [5, 5.41) is -1.44. The summed E-state index contributed by atoms with van der Waals surface area (Å²) in [5.74, 6) is 0. The Balaban J connectivity index is 3.85. The van der Waals surface area contributed by atoms with Gasteiger partial charge in [-0.25, -0.2) is 0 Å². The van der Waals surface area contributed by atoms with Crippen molar-refractivity contribution in [2.45, 2.75) is 19.8 Å². The van der Waals surface area contributed by atoms with Crippen molar-refractivity contribution in [1.82, 2.24) is 0 Å². The largest absolute Gasteiger partial charge is 0.361 e. The molecule has 0 radical (unpaired) electrons. The van der Waals surface area contributed by atoms with Crippen molar-refractivity contribution in [1.29, 1.82) is 0 Å². The summed E-state index contributed by atoms with van der Waals surface area (Å²) >= 11 is 0. The lowest BCUT2D eigenvalue weighted by Crippen LogP contribution is -2.24. The molecule has 0 aliphatic carbocycles. The van der Waals surface area contributed by atoms with Crippen molar-refractivity contribution < 1.29 is 17.4 Å². The Labute approximate surface area is 65.6 Å². The van der Waals surface area contributed by atoms with Gasteiger partial charge in [0, 0.05) is 0 Å². The predicted octanol–water partition coefficient (Wildman–Crippen LogP) is 0.212. The summed E-state index contributed by atoms with van der Waals surface area (Å²) < 4.78 is 25.2. The highest BCUT2D eigenvalue weighted by Gasteiger charge is 2.17. The smallest absolute Gasteiger partial charge is 0.354 e. The molecule has 0 aromatic rings. The fourth-order valence-electron chi connectivity index (χ4n) is 0.371. The first-order chi connectivity index (χ1) is 5.00. The number of rotatable bonds is 4. The second kappa shape index (κ2) is 4.30. The van der Waals surface area contributed by atoms with Crippen molar-refractivity contribution in [3.05, 3.63) is 0 Å². The van der Waals surface area contributed by atoms with Gasteiger partial charge in [-0.1, -0.05) is 13.3 Å². The van der Waals surface area contributed by atoms with Gasteiger partial charge in [0.1, 0.15) is 0 Å². The Morgan fingerprint density at radius 1 is 1.55 bits per heavy atom. The summed E-state index contributed by atoms with van der Waals surface area (Å²) in [6, 6.07) is 0. The standard InChI is InChI=1S/C5H11NO4S/c1-2-3-4-10-11(8,9)5(6)7/h2-4H2,1H3,(H2,6,7). The number of hydrogen-bond donors (Lipinski definition) is 1. The third kappa shape index (κ3) is 3.94. The third-order valence-electron chi connectivity index (χ3n) is 0.983. The molecule has 0 aromatic carbocycles. The van der Waals surface area contributed by atoms with Crippen LogP contribution in [0, 0.1) is 0 Å². The molecule has 0 fully saturated rings. The van der Waals surface area contributed by atoms with Gasteiger partial charge in [-0.3, -0.25) is 8.98 Å². The van der Waals surface area contributed by atoms with E-state index in [0.717, 1.165) is 6.42 Å². The Morgan fingerprint density at radius 2 is 2.09 bits per heavy atom. The monoisotopic (exact) mass is 181 g/mol. The normalized spacial score (nSPS) is 11.4. The minimum Gasteiger partial charge on any atom is -0.354 e. The predicted molar refractivity (Wildman–Crippen MR) is 39.4 cm³/mol. The summed E-state index contributed by atoms with van der Waals surface area (Å²) in [5.41, 5.74) is 4.50. The number of hydrogen-bond acceptors (Lipinski definition) is 4. The molecule has 1 amide bonds. The van der Waals surface area contributed by atoms with E-state index in [9.17, 15) is 13.2 Å². The van der Waals surface area contributed by atoms with Crippen molar-refractivity contribution in [3.63, 3.8) is 0 Å². The molecule has 0 heterocycles. The van der Waals surface area contributed by atoms with Gasteiger partial charge in [0.2, 0.25) is 0 Å².